The maximum absolute atomic E-state index is 12.8. The topological polar surface area (TPSA) is 87.4 Å². The highest BCUT2D eigenvalue weighted by Crippen LogP contribution is 2.43. The van der Waals surface area contributed by atoms with Crippen LogP contribution in [0.3, 0.4) is 0 Å². The molecule has 1 atom stereocenters. The number of carbonyl (C=O) groups is 1. The smallest absolute Gasteiger partial charge is 0.321 e. The van der Waals surface area contributed by atoms with E-state index in [1.165, 1.54) is 17.8 Å². The van der Waals surface area contributed by atoms with E-state index in [2.05, 4.69) is 20.4 Å². The third-order valence-electron chi connectivity index (χ3n) is 5.35. The number of aromatic nitrogens is 3. The van der Waals surface area contributed by atoms with Crippen molar-refractivity contribution in [3.8, 4) is 0 Å². The average Bonchev–Trinajstić information content (AvgIpc) is 3.31. The largest absolute Gasteiger partial charge is 0.338 e. The fourth-order valence-corrected chi connectivity index (χ4v) is 4.68. The highest BCUT2D eigenvalue weighted by Gasteiger charge is 2.32. The minimum absolute atomic E-state index is 0.0919. The molecular formula is C19H22N6O2S. The molecule has 9 heteroatoms. The molecule has 146 valence electrons. The van der Waals surface area contributed by atoms with Crippen LogP contribution in [0, 0.1) is 6.92 Å². The second-order valence-electron chi connectivity index (χ2n) is 7.56. The molecule has 2 aromatic heterocycles. The van der Waals surface area contributed by atoms with Crippen LogP contribution in [-0.2, 0) is 0 Å². The van der Waals surface area contributed by atoms with Gasteiger partial charge in [0.1, 0.15) is 6.04 Å². The van der Waals surface area contributed by atoms with Crippen molar-refractivity contribution in [2.24, 2.45) is 0 Å². The number of thiazole rings is 1. The van der Waals surface area contributed by atoms with E-state index in [0.717, 1.165) is 22.4 Å². The summed E-state index contributed by atoms with van der Waals surface area (Å²) in [7, 11) is 2.01. The molecule has 8 nitrogen and oxygen atoms in total. The van der Waals surface area contributed by atoms with Gasteiger partial charge < -0.3 is 14.7 Å². The number of hydrogen-bond acceptors (Lipinski definition) is 7. The summed E-state index contributed by atoms with van der Waals surface area (Å²) >= 11 is 1.73. The quantitative estimate of drug-likeness (QED) is 0.728. The van der Waals surface area contributed by atoms with Crippen LogP contribution < -0.4 is 5.32 Å². The van der Waals surface area contributed by atoms with Gasteiger partial charge in [0.25, 0.3) is 0 Å². The van der Waals surface area contributed by atoms with E-state index in [-0.39, 0.29) is 12.1 Å². The van der Waals surface area contributed by atoms with Crippen molar-refractivity contribution in [3.05, 3.63) is 34.9 Å². The van der Waals surface area contributed by atoms with Gasteiger partial charge in [-0.25, -0.2) is 9.78 Å². The van der Waals surface area contributed by atoms with Gasteiger partial charge >= 0.3 is 6.03 Å². The van der Waals surface area contributed by atoms with Crippen LogP contribution in [0.1, 0.15) is 41.5 Å². The average molecular weight is 398 g/mol. The summed E-state index contributed by atoms with van der Waals surface area (Å²) in [6, 6.07) is 5.73. The molecule has 1 saturated carbocycles. The van der Waals surface area contributed by atoms with E-state index in [1.54, 1.807) is 23.2 Å². The number of nitrogens with zero attached hydrogens (tertiary/aromatic N) is 5. The number of likely N-dealkylation sites (N-methyl/N-ethyl adjacent to an activating group) is 1. The Labute approximate surface area is 166 Å². The minimum Gasteiger partial charge on any atom is -0.338 e. The first kappa shape index (κ1) is 17.6. The van der Waals surface area contributed by atoms with Crippen molar-refractivity contribution in [2.75, 3.05) is 32.0 Å². The molecule has 5 rings (SSSR count). The second-order valence-corrected chi connectivity index (χ2v) is 8.62. The molecule has 1 unspecified atom stereocenters. The highest BCUT2D eigenvalue weighted by molar-refractivity contribution is 7.18. The lowest BCUT2D eigenvalue weighted by Gasteiger charge is -2.37. The zero-order chi connectivity index (χ0) is 19.3. The molecule has 3 aromatic rings. The summed E-state index contributed by atoms with van der Waals surface area (Å²) in [5, 5.41) is 8.12. The molecule has 0 radical (unpaired) electrons. The number of fused-ring (bicyclic) bond motifs is 1. The molecule has 2 fully saturated rings. The van der Waals surface area contributed by atoms with Gasteiger partial charge in [-0.2, -0.15) is 4.98 Å². The number of anilines is 1. The predicted octanol–water partition coefficient (Wildman–Crippen LogP) is 3.39. The van der Waals surface area contributed by atoms with Crippen LogP contribution in [0.25, 0.3) is 10.2 Å². The Bertz CT molecular complexity index is 1030. The molecule has 1 aliphatic heterocycles. The van der Waals surface area contributed by atoms with Crippen LogP contribution in [0.5, 0.6) is 0 Å². The summed E-state index contributed by atoms with van der Waals surface area (Å²) in [4.78, 5) is 25.8. The first-order valence-corrected chi connectivity index (χ1v) is 10.4. The molecule has 0 bridgehead atoms. The molecule has 1 aliphatic carbocycles. The number of urea groups is 1. The van der Waals surface area contributed by atoms with E-state index in [1.807, 2.05) is 25.2 Å². The fourth-order valence-electron chi connectivity index (χ4n) is 3.50. The summed E-state index contributed by atoms with van der Waals surface area (Å²) in [6.07, 6.45) is 2.49. The van der Waals surface area contributed by atoms with Gasteiger partial charge in [0.05, 0.1) is 15.2 Å². The molecule has 3 heterocycles. The predicted molar refractivity (Wildman–Crippen MR) is 107 cm³/mol. The molecule has 2 aliphatic rings. The Morgan fingerprint density at radius 3 is 2.89 bits per heavy atom. The van der Waals surface area contributed by atoms with Gasteiger partial charge in [0.2, 0.25) is 5.89 Å². The van der Waals surface area contributed by atoms with Crippen molar-refractivity contribution in [3.63, 3.8) is 0 Å². The Hall–Kier alpha value is -2.52. The molecule has 1 aromatic carbocycles. The number of rotatable bonds is 3. The number of carbonyl (C=O) groups excluding carboxylic acids is 1. The lowest BCUT2D eigenvalue weighted by Crippen LogP contribution is -2.50. The van der Waals surface area contributed by atoms with Crippen molar-refractivity contribution in [2.45, 2.75) is 31.7 Å². The molecule has 0 spiro atoms. The number of hydrogen-bond donors (Lipinski definition) is 1. The van der Waals surface area contributed by atoms with E-state index < -0.39 is 0 Å². The molecule has 1 saturated heterocycles. The van der Waals surface area contributed by atoms with Crippen LogP contribution in [0.2, 0.25) is 0 Å². The summed E-state index contributed by atoms with van der Waals surface area (Å²) < 4.78 is 6.45. The number of amides is 2. The van der Waals surface area contributed by atoms with Crippen molar-refractivity contribution in [1.29, 1.82) is 0 Å². The van der Waals surface area contributed by atoms with E-state index in [0.29, 0.717) is 30.7 Å². The van der Waals surface area contributed by atoms with Gasteiger partial charge in [-0.05, 0) is 45.0 Å². The molecule has 1 N–H and O–H groups in total. The van der Waals surface area contributed by atoms with Crippen molar-refractivity contribution >= 4 is 33.3 Å². The number of aryl methyl sites for hydroxylation is 1. The normalized spacial score (nSPS) is 20.6. The molecule has 2 amide bonds. The maximum atomic E-state index is 12.8. The Kier molecular flexibility index (Phi) is 4.28. The van der Waals surface area contributed by atoms with Crippen LogP contribution in [-0.4, -0.2) is 57.6 Å². The van der Waals surface area contributed by atoms with E-state index in [9.17, 15) is 4.79 Å². The lowest BCUT2D eigenvalue weighted by molar-refractivity contribution is 0.0960. The fraction of sp³-hybridized carbons (Fsp3) is 0.474. The van der Waals surface area contributed by atoms with Crippen LogP contribution in [0.4, 0.5) is 10.5 Å². The molecular weight excluding hydrogens is 376 g/mol. The van der Waals surface area contributed by atoms with Gasteiger partial charge in [-0.3, -0.25) is 4.90 Å². The van der Waals surface area contributed by atoms with Gasteiger partial charge in [0.15, 0.2) is 5.82 Å². The van der Waals surface area contributed by atoms with E-state index >= 15 is 0 Å². The molecule has 28 heavy (non-hydrogen) atoms. The Morgan fingerprint density at radius 2 is 2.14 bits per heavy atom. The van der Waals surface area contributed by atoms with Crippen LogP contribution >= 0.6 is 11.3 Å². The number of nitrogens with one attached hydrogen (secondary N) is 1. The monoisotopic (exact) mass is 398 g/mol. The summed E-state index contributed by atoms with van der Waals surface area (Å²) in [6.45, 7) is 3.71. The maximum Gasteiger partial charge on any atom is 0.321 e. The zero-order valence-corrected chi connectivity index (χ0v) is 16.7. The standard InChI is InChI=1S/C19H22N6O2S/c1-11-20-17(27-23-11)15-10-25(8-7-24(15)2)19(26)21-13-5-6-14-16(9-13)28-18(22-14)12-3-4-12/h5-6,9,12,15H,3-4,7-8,10H2,1-2H3,(H,21,26). The van der Waals surface area contributed by atoms with Crippen molar-refractivity contribution < 1.29 is 9.32 Å². The highest BCUT2D eigenvalue weighted by atomic mass is 32.1. The third-order valence-corrected chi connectivity index (χ3v) is 6.53. The van der Waals surface area contributed by atoms with Crippen LogP contribution in [0.15, 0.2) is 22.7 Å². The van der Waals surface area contributed by atoms with Crippen molar-refractivity contribution in [1.82, 2.24) is 24.9 Å². The first-order valence-electron chi connectivity index (χ1n) is 9.53. The Balaban J connectivity index is 1.30. The van der Waals surface area contributed by atoms with Gasteiger partial charge in [0, 0.05) is 31.2 Å². The zero-order valence-electron chi connectivity index (χ0n) is 15.9. The van der Waals surface area contributed by atoms with Gasteiger partial charge in [-0.1, -0.05) is 5.16 Å². The SMILES string of the molecule is Cc1noc(C2CN(C(=O)Nc3ccc4nc(C5CC5)sc4c3)CCN2C)n1. The number of benzene rings is 1. The van der Waals surface area contributed by atoms with E-state index in [4.69, 9.17) is 9.51 Å². The summed E-state index contributed by atoms with van der Waals surface area (Å²) in [5.41, 5.74) is 1.81. The summed E-state index contributed by atoms with van der Waals surface area (Å²) in [5.74, 6) is 1.80. The minimum atomic E-state index is -0.111. The Morgan fingerprint density at radius 1 is 1.29 bits per heavy atom. The van der Waals surface area contributed by atoms with Gasteiger partial charge in [-0.15, -0.1) is 11.3 Å². The third kappa shape index (κ3) is 3.35. The second kappa shape index (κ2) is 6.82. The first-order chi connectivity index (χ1) is 13.6. The lowest BCUT2D eigenvalue weighted by atomic mass is 10.2. The number of piperazine rings is 1.